The Hall–Kier alpha value is -0.930. The first-order chi connectivity index (χ1) is 9.04. The number of nitrogens with one attached hydrogen (secondary N) is 2. The summed E-state index contributed by atoms with van der Waals surface area (Å²) in [5, 5.41) is 6.69. The lowest BCUT2D eigenvalue weighted by molar-refractivity contribution is 0.239. The molecule has 1 aliphatic carbocycles. The number of anilines is 1. The van der Waals surface area contributed by atoms with E-state index >= 15 is 0 Å². The third-order valence-corrected chi connectivity index (χ3v) is 4.27. The van der Waals surface area contributed by atoms with Gasteiger partial charge in [0.2, 0.25) is 0 Å². The van der Waals surface area contributed by atoms with Crippen molar-refractivity contribution in [1.29, 1.82) is 0 Å². The van der Waals surface area contributed by atoms with Crippen molar-refractivity contribution in [1.82, 2.24) is 5.32 Å². The summed E-state index contributed by atoms with van der Waals surface area (Å²) in [6.07, 6.45) is 4.46. The molecule has 0 unspecified atom stereocenters. The van der Waals surface area contributed by atoms with Crippen molar-refractivity contribution < 1.29 is 4.79 Å². The molecule has 2 amide bonds. The molecular formula is C14H18Cl2N2O. The van der Waals surface area contributed by atoms with Crippen LogP contribution in [0.1, 0.15) is 32.6 Å². The fourth-order valence-electron chi connectivity index (χ4n) is 2.33. The van der Waals surface area contributed by atoms with Gasteiger partial charge in [-0.15, -0.1) is 0 Å². The summed E-state index contributed by atoms with van der Waals surface area (Å²) < 4.78 is 0. The maximum absolute atomic E-state index is 11.9. The number of benzene rings is 1. The van der Waals surface area contributed by atoms with Crippen molar-refractivity contribution in [2.45, 2.75) is 38.6 Å². The molecule has 2 N–H and O–H groups in total. The zero-order valence-electron chi connectivity index (χ0n) is 10.9. The Bertz CT molecular complexity index is 457. The maximum atomic E-state index is 11.9. The average molecular weight is 301 g/mol. The zero-order valence-corrected chi connectivity index (χ0v) is 12.4. The minimum absolute atomic E-state index is 0.182. The highest BCUT2D eigenvalue weighted by atomic mass is 35.5. The van der Waals surface area contributed by atoms with Crippen molar-refractivity contribution in [2.24, 2.45) is 5.92 Å². The standard InChI is InChI=1S/C14H18Cl2N2O/c1-9-2-4-10(5-3-9)17-14(19)18-11-6-7-12(15)13(16)8-11/h6-10H,2-5H2,1H3,(H2,17,18,19). The quantitative estimate of drug-likeness (QED) is 0.817. The molecule has 0 heterocycles. The Morgan fingerprint density at radius 2 is 1.84 bits per heavy atom. The normalized spacial score (nSPS) is 22.9. The van der Waals surface area contributed by atoms with Crippen LogP contribution >= 0.6 is 23.2 Å². The molecule has 0 aromatic heterocycles. The van der Waals surface area contributed by atoms with Crippen molar-refractivity contribution >= 4 is 34.9 Å². The number of halogens is 2. The largest absolute Gasteiger partial charge is 0.335 e. The van der Waals surface area contributed by atoms with Crippen LogP contribution in [0.2, 0.25) is 10.0 Å². The van der Waals surface area contributed by atoms with Crippen LogP contribution in [-0.2, 0) is 0 Å². The number of rotatable bonds is 2. The van der Waals surface area contributed by atoms with E-state index in [0.29, 0.717) is 15.7 Å². The Morgan fingerprint density at radius 3 is 2.47 bits per heavy atom. The van der Waals surface area contributed by atoms with E-state index in [1.807, 2.05) is 0 Å². The van der Waals surface area contributed by atoms with Crippen LogP contribution in [0.5, 0.6) is 0 Å². The second-order valence-electron chi connectivity index (χ2n) is 5.18. The van der Waals surface area contributed by atoms with Crippen LogP contribution in [0.4, 0.5) is 10.5 Å². The third-order valence-electron chi connectivity index (χ3n) is 3.53. The van der Waals surface area contributed by atoms with Gasteiger partial charge in [0, 0.05) is 11.7 Å². The molecule has 1 aromatic carbocycles. The van der Waals surface area contributed by atoms with Gasteiger partial charge in [-0.25, -0.2) is 4.79 Å². The SMILES string of the molecule is CC1CCC(NC(=O)Nc2ccc(Cl)c(Cl)c2)CC1. The van der Waals surface area contributed by atoms with Crippen molar-refractivity contribution in [2.75, 3.05) is 5.32 Å². The number of carbonyl (C=O) groups is 1. The van der Waals surface area contributed by atoms with E-state index in [-0.39, 0.29) is 12.1 Å². The van der Waals surface area contributed by atoms with Crippen LogP contribution in [0.25, 0.3) is 0 Å². The summed E-state index contributed by atoms with van der Waals surface area (Å²) in [5.74, 6) is 0.774. The van der Waals surface area contributed by atoms with Gasteiger partial charge in [0.1, 0.15) is 0 Å². The number of hydrogen-bond acceptors (Lipinski definition) is 1. The van der Waals surface area contributed by atoms with Gasteiger partial charge in [-0.1, -0.05) is 30.1 Å². The molecule has 1 saturated carbocycles. The lowest BCUT2D eigenvalue weighted by Crippen LogP contribution is -2.39. The van der Waals surface area contributed by atoms with E-state index in [0.717, 1.165) is 18.8 Å². The summed E-state index contributed by atoms with van der Waals surface area (Å²) in [6, 6.07) is 5.14. The Labute approximate surface area is 123 Å². The van der Waals surface area contributed by atoms with Gasteiger partial charge in [0.05, 0.1) is 10.0 Å². The van der Waals surface area contributed by atoms with E-state index < -0.39 is 0 Å². The summed E-state index contributed by atoms with van der Waals surface area (Å²) in [4.78, 5) is 11.9. The molecule has 1 aliphatic rings. The van der Waals surface area contributed by atoms with Gasteiger partial charge in [-0.3, -0.25) is 0 Å². The van der Waals surface area contributed by atoms with E-state index in [1.54, 1.807) is 18.2 Å². The smallest absolute Gasteiger partial charge is 0.319 e. The molecule has 0 aliphatic heterocycles. The highest BCUT2D eigenvalue weighted by Gasteiger charge is 2.19. The lowest BCUT2D eigenvalue weighted by atomic mass is 9.87. The number of amides is 2. The van der Waals surface area contributed by atoms with E-state index in [2.05, 4.69) is 17.6 Å². The van der Waals surface area contributed by atoms with Crippen LogP contribution < -0.4 is 10.6 Å². The minimum atomic E-state index is -0.182. The van der Waals surface area contributed by atoms with Gasteiger partial charge in [-0.2, -0.15) is 0 Å². The molecule has 3 nitrogen and oxygen atoms in total. The highest BCUT2D eigenvalue weighted by molar-refractivity contribution is 6.42. The van der Waals surface area contributed by atoms with Crippen LogP contribution in [0, 0.1) is 5.92 Å². The summed E-state index contributed by atoms with van der Waals surface area (Å²) in [7, 11) is 0. The summed E-state index contributed by atoms with van der Waals surface area (Å²) in [6.45, 7) is 2.26. The molecule has 0 radical (unpaired) electrons. The lowest BCUT2D eigenvalue weighted by Gasteiger charge is -2.26. The molecule has 0 bridgehead atoms. The number of hydrogen-bond donors (Lipinski definition) is 2. The monoisotopic (exact) mass is 300 g/mol. The molecule has 2 rings (SSSR count). The second kappa shape index (κ2) is 6.49. The molecular weight excluding hydrogens is 283 g/mol. The van der Waals surface area contributed by atoms with Crippen molar-refractivity contribution in [3.05, 3.63) is 28.2 Å². The average Bonchev–Trinajstić information content (AvgIpc) is 2.37. The molecule has 0 atom stereocenters. The molecule has 19 heavy (non-hydrogen) atoms. The Kier molecular flexibility index (Phi) is 4.94. The molecule has 1 aromatic rings. The first-order valence-corrected chi connectivity index (χ1v) is 7.33. The molecule has 104 valence electrons. The highest BCUT2D eigenvalue weighted by Crippen LogP contribution is 2.25. The topological polar surface area (TPSA) is 41.1 Å². The van der Waals surface area contributed by atoms with Gasteiger partial charge in [-0.05, 0) is 49.8 Å². The van der Waals surface area contributed by atoms with Crippen LogP contribution in [0.15, 0.2) is 18.2 Å². The first kappa shape index (κ1) is 14.5. The third kappa shape index (κ3) is 4.29. The van der Waals surface area contributed by atoms with Gasteiger partial charge < -0.3 is 10.6 Å². The second-order valence-corrected chi connectivity index (χ2v) is 6.00. The van der Waals surface area contributed by atoms with Crippen LogP contribution in [0.3, 0.4) is 0 Å². The predicted octanol–water partition coefficient (Wildman–Crippen LogP) is 4.69. The number of carbonyl (C=O) groups excluding carboxylic acids is 1. The first-order valence-electron chi connectivity index (χ1n) is 6.57. The van der Waals surface area contributed by atoms with Gasteiger partial charge in [0.25, 0.3) is 0 Å². The fourth-order valence-corrected chi connectivity index (χ4v) is 2.63. The van der Waals surface area contributed by atoms with Crippen molar-refractivity contribution in [3.63, 3.8) is 0 Å². The molecule has 5 heteroatoms. The Balaban J connectivity index is 1.85. The van der Waals surface area contributed by atoms with Gasteiger partial charge >= 0.3 is 6.03 Å². The van der Waals surface area contributed by atoms with Crippen molar-refractivity contribution in [3.8, 4) is 0 Å². The predicted molar refractivity (Wildman–Crippen MR) is 80.0 cm³/mol. The maximum Gasteiger partial charge on any atom is 0.319 e. The molecule has 1 fully saturated rings. The van der Waals surface area contributed by atoms with Gasteiger partial charge in [0.15, 0.2) is 0 Å². The van der Waals surface area contributed by atoms with E-state index in [1.165, 1.54) is 12.8 Å². The van der Waals surface area contributed by atoms with E-state index in [9.17, 15) is 4.79 Å². The molecule has 0 spiro atoms. The fraction of sp³-hybridized carbons (Fsp3) is 0.500. The van der Waals surface area contributed by atoms with E-state index in [4.69, 9.17) is 23.2 Å². The summed E-state index contributed by atoms with van der Waals surface area (Å²) in [5.41, 5.74) is 0.649. The Morgan fingerprint density at radius 1 is 1.16 bits per heavy atom. The zero-order chi connectivity index (χ0) is 13.8. The minimum Gasteiger partial charge on any atom is -0.335 e. The number of urea groups is 1. The van der Waals surface area contributed by atoms with Crippen LogP contribution in [-0.4, -0.2) is 12.1 Å². The summed E-state index contributed by atoms with van der Waals surface area (Å²) >= 11 is 11.7. The molecule has 0 saturated heterocycles.